The first-order chi connectivity index (χ1) is 10.1. The Morgan fingerprint density at radius 2 is 1.90 bits per heavy atom. The van der Waals surface area contributed by atoms with Gasteiger partial charge in [-0.15, -0.1) is 0 Å². The Bertz CT molecular complexity index is 641. The Morgan fingerprint density at radius 3 is 2.57 bits per heavy atom. The molecular formula is C16H18N2O3. The average molecular weight is 286 g/mol. The lowest BCUT2D eigenvalue weighted by Crippen LogP contribution is -2.05. The molecule has 0 unspecified atom stereocenters. The van der Waals surface area contributed by atoms with Crippen LogP contribution in [0.15, 0.2) is 42.5 Å². The minimum absolute atomic E-state index is 0.0878. The van der Waals surface area contributed by atoms with E-state index in [9.17, 15) is 10.1 Å². The molecule has 2 aromatic carbocycles. The van der Waals surface area contributed by atoms with Crippen LogP contribution < -0.4 is 5.32 Å². The Hall–Kier alpha value is -2.40. The highest BCUT2D eigenvalue weighted by Crippen LogP contribution is 2.26. The van der Waals surface area contributed by atoms with Crippen molar-refractivity contribution in [1.29, 1.82) is 0 Å². The second-order valence-electron chi connectivity index (χ2n) is 4.83. The number of hydrogen-bond acceptors (Lipinski definition) is 4. The lowest BCUT2D eigenvalue weighted by molar-refractivity contribution is -0.384. The second-order valence-corrected chi connectivity index (χ2v) is 4.83. The van der Waals surface area contributed by atoms with Gasteiger partial charge in [-0.05, 0) is 29.7 Å². The number of methoxy groups -OCH3 is 1. The van der Waals surface area contributed by atoms with Crippen molar-refractivity contribution in [1.82, 2.24) is 0 Å². The van der Waals surface area contributed by atoms with E-state index in [1.807, 2.05) is 31.2 Å². The molecule has 21 heavy (non-hydrogen) atoms. The number of nitrogens with zero attached hydrogens (tertiary/aromatic N) is 1. The fraction of sp³-hybridized carbons (Fsp3) is 0.250. The van der Waals surface area contributed by atoms with E-state index in [-0.39, 0.29) is 10.6 Å². The van der Waals surface area contributed by atoms with Crippen LogP contribution in [0.1, 0.15) is 16.7 Å². The van der Waals surface area contributed by atoms with Crippen molar-refractivity contribution < 1.29 is 9.66 Å². The number of aryl methyl sites for hydroxylation is 1. The summed E-state index contributed by atoms with van der Waals surface area (Å²) in [6.07, 6.45) is 0. The minimum Gasteiger partial charge on any atom is -0.380 e. The van der Waals surface area contributed by atoms with Crippen LogP contribution in [0.4, 0.5) is 11.4 Å². The third-order valence-electron chi connectivity index (χ3n) is 3.24. The maximum atomic E-state index is 11.1. The summed E-state index contributed by atoms with van der Waals surface area (Å²) < 4.78 is 5.17. The van der Waals surface area contributed by atoms with E-state index < -0.39 is 0 Å². The van der Waals surface area contributed by atoms with Crippen LogP contribution in [0.5, 0.6) is 0 Å². The van der Waals surface area contributed by atoms with Crippen molar-refractivity contribution in [2.75, 3.05) is 12.4 Å². The fourth-order valence-electron chi connectivity index (χ4n) is 2.17. The molecule has 0 atom stereocenters. The predicted octanol–water partition coefficient (Wildman–Crippen LogP) is 3.66. The molecule has 0 fully saturated rings. The molecule has 110 valence electrons. The van der Waals surface area contributed by atoms with Crippen LogP contribution in [0.2, 0.25) is 0 Å². The number of nitro benzene ring substituents is 1. The van der Waals surface area contributed by atoms with Crippen LogP contribution in [0.3, 0.4) is 0 Å². The summed E-state index contributed by atoms with van der Waals surface area (Å²) in [4.78, 5) is 10.7. The molecule has 2 aromatic rings. The zero-order chi connectivity index (χ0) is 15.2. The van der Waals surface area contributed by atoms with Gasteiger partial charge in [-0.2, -0.15) is 0 Å². The highest BCUT2D eigenvalue weighted by Gasteiger charge is 2.13. The van der Waals surface area contributed by atoms with Gasteiger partial charge in [0.05, 0.1) is 11.5 Å². The molecule has 0 heterocycles. The molecule has 0 saturated heterocycles. The van der Waals surface area contributed by atoms with Gasteiger partial charge < -0.3 is 10.1 Å². The molecule has 0 bridgehead atoms. The van der Waals surface area contributed by atoms with Crippen molar-refractivity contribution in [3.63, 3.8) is 0 Å². The molecular weight excluding hydrogens is 268 g/mol. The highest BCUT2D eigenvalue weighted by molar-refractivity contribution is 5.62. The summed E-state index contributed by atoms with van der Waals surface area (Å²) in [5.41, 5.74) is 3.74. The molecule has 0 aliphatic heterocycles. The zero-order valence-electron chi connectivity index (χ0n) is 12.1. The molecule has 0 aliphatic rings. The summed E-state index contributed by atoms with van der Waals surface area (Å²) >= 11 is 0. The zero-order valence-corrected chi connectivity index (χ0v) is 12.1. The first-order valence-electron chi connectivity index (χ1n) is 6.66. The molecule has 5 nitrogen and oxygen atoms in total. The third-order valence-corrected chi connectivity index (χ3v) is 3.24. The quantitative estimate of drug-likeness (QED) is 0.650. The van der Waals surface area contributed by atoms with Crippen LogP contribution in [0.25, 0.3) is 0 Å². The molecule has 0 radical (unpaired) electrons. The minimum atomic E-state index is -0.372. The second kappa shape index (κ2) is 6.85. The van der Waals surface area contributed by atoms with Crippen LogP contribution in [0, 0.1) is 17.0 Å². The van der Waals surface area contributed by atoms with E-state index in [1.165, 1.54) is 6.07 Å². The Labute approximate surface area is 123 Å². The van der Waals surface area contributed by atoms with E-state index >= 15 is 0 Å². The maximum absolute atomic E-state index is 11.1. The monoisotopic (exact) mass is 286 g/mol. The lowest BCUT2D eigenvalue weighted by atomic mass is 10.1. The largest absolute Gasteiger partial charge is 0.380 e. The highest BCUT2D eigenvalue weighted by atomic mass is 16.6. The summed E-state index contributed by atoms with van der Waals surface area (Å²) in [6.45, 7) is 2.95. The van der Waals surface area contributed by atoms with Gasteiger partial charge in [0, 0.05) is 19.7 Å². The van der Waals surface area contributed by atoms with Gasteiger partial charge in [-0.25, -0.2) is 0 Å². The Balaban J connectivity index is 2.20. The van der Waals surface area contributed by atoms with Crippen molar-refractivity contribution >= 4 is 11.4 Å². The van der Waals surface area contributed by atoms with Gasteiger partial charge in [-0.1, -0.05) is 30.3 Å². The standard InChI is InChI=1S/C16H18N2O3/c1-12-7-8-16(18(19)20)15(9-12)17-10-13-5-3-4-6-14(13)11-21-2/h3-9,17H,10-11H2,1-2H3. The first-order valence-corrected chi connectivity index (χ1v) is 6.66. The first kappa shape index (κ1) is 15.0. The SMILES string of the molecule is COCc1ccccc1CNc1cc(C)ccc1[N+](=O)[O-]. The maximum Gasteiger partial charge on any atom is 0.292 e. The smallest absolute Gasteiger partial charge is 0.292 e. The molecule has 5 heteroatoms. The number of rotatable bonds is 6. The molecule has 1 N–H and O–H groups in total. The van der Waals surface area contributed by atoms with Crippen LogP contribution in [-0.2, 0) is 17.9 Å². The number of benzene rings is 2. The number of anilines is 1. The lowest BCUT2D eigenvalue weighted by Gasteiger charge is -2.11. The summed E-state index contributed by atoms with van der Waals surface area (Å²) in [7, 11) is 1.65. The Morgan fingerprint density at radius 1 is 1.19 bits per heavy atom. The molecule has 2 rings (SSSR count). The van der Waals surface area contributed by atoms with Gasteiger partial charge in [0.1, 0.15) is 5.69 Å². The van der Waals surface area contributed by atoms with E-state index in [4.69, 9.17) is 4.74 Å². The van der Waals surface area contributed by atoms with E-state index in [0.29, 0.717) is 18.8 Å². The van der Waals surface area contributed by atoms with Gasteiger partial charge in [0.15, 0.2) is 0 Å². The van der Waals surface area contributed by atoms with E-state index in [2.05, 4.69) is 5.32 Å². The van der Waals surface area contributed by atoms with Gasteiger partial charge >= 0.3 is 0 Å². The van der Waals surface area contributed by atoms with Gasteiger partial charge in [0.25, 0.3) is 5.69 Å². The molecule has 0 saturated carbocycles. The number of ether oxygens (including phenoxy) is 1. The fourth-order valence-corrected chi connectivity index (χ4v) is 2.17. The summed E-state index contributed by atoms with van der Waals surface area (Å²) in [6, 6.07) is 12.9. The molecule has 0 spiro atoms. The molecule has 0 aromatic heterocycles. The van der Waals surface area contributed by atoms with Crippen molar-refractivity contribution in [2.45, 2.75) is 20.1 Å². The number of nitrogens with one attached hydrogen (secondary N) is 1. The van der Waals surface area contributed by atoms with Crippen molar-refractivity contribution in [2.24, 2.45) is 0 Å². The predicted molar refractivity (Wildman–Crippen MR) is 82.3 cm³/mol. The molecule has 0 amide bonds. The number of hydrogen-bond donors (Lipinski definition) is 1. The van der Waals surface area contributed by atoms with Crippen molar-refractivity contribution in [3.8, 4) is 0 Å². The normalized spacial score (nSPS) is 10.4. The Kier molecular flexibility index (Phi) is 4.90. The van der Waals surface area contributed by atoms with Gasteiger partial charge in [0.2, 0.25) is 0 Å². The third kappa shape index (κ3) is 3.79. The topological polar surface area (TPSA) is 64.4 Å². The summed E-state index contributed by atoms with van der Waals surface area (Å²) in [5.74, 6) is 0. The summed E-state index contributed by atoms with van der Waals surface area (Å²) in [5, 5.41) is 14.2. The van der Waals surface area contributed by atoms with Crippen LogP contribution in [-0.4, -0.2) is 12.0 Å². The average Bonchev–Trinajstić information content (AvgIpc) is 2.46. The number of nitro groups is 1. The molecule has 0 aliphatic carbocycles. The van der Waals surface area contributed by atoms with E-state index in [1.54, 1.807) is 19.2 Å². The van der Waals surface area contributed by atoms with E-state index in [0.717, 1.165) is 16.7 Å². The van der Waals surface area contributed by atoms with Gasteiger partial charge in [-0.3, -0.25) is 10.1 Å². The van der Waals surface area contributed by atoms with Crippen LogP contribution >= 0.6 is 0 Å². The van der Waals surface area contributed by atoms with Crippen molar-refractivity contribution in [3.05, 3.63) is 69.3 Å².